The van der Waals surface area contributed by atoms with Crippen molar-refractivity contribution < 1.29 is 14.3 Å². The monoisotopic (exact) mass is 269 g/mol. The lowest BCUT2D eigenvalue weighted by atomic mass is 10.1. The molecule has 0 spiro atoms. The van der Waals surface area contributed by atoms with Crippen molar-refractivity contribution in [2.45, 2.75) is 12.2 Å². The SMILES string of the molecule is COc1cccc([C@H]2O[C@H]2C(=O)Nc2ccccc2)c1. The van der Waals surface area contributed by atoms with Gasteiger partial charge in [-0.2, -0.15) is 0 Å². The van der Waals surface area contributed by atoms with E-state index in [0.717, 1.165) is 17.0 Å². The van der Waals surface area contributed by atoms with Crippen LogP contribution < -0.4 is 10.1 Å². The molecular formula is C16H15NO3. The molecule has 2 aromatic carbocycles. The van der Waals surface area contributed by atoms with Crippen molar-refractivity contribution in [3.63, 3.8) is 0 Å². The largest absolute Gasteiger partial charge is 0.497 e. The summed E-state index contributed by atoms with van der Waals surface area (Å²) in [6.45, 7) is 0. The van der Waals surface area contributed by atoms with E-state index >= 15 is 0 Å². The van der Waals surface area contributed by atoms with E-state index < -0.39 is 6.10 Å². The quantitative estimate of drug-likeness (QED) is 0.868. The van der Waals surface area contributed by atoms with Crippen LogP contribution in [0.3, 0.4) is 0 Å². The number of epoxide rings is 1. The maximum Gasteiger partial charge on any atom is 0.256 e. The van der Waals surface area contributed by atoms with E-state index in [1.807, 2.05) is 54.6 Å². The molecule has 1 amide bonds. The number of amides is 1. The number of ether oxygens (including phenoxy) is 2. The summed E-state index contributed by atoms with van der Waals surface area (Å²) in [6.07, 6.45) is -0.615. The van der Waals surface area contributed by atoms with E-state index in [4.69, 9.17) is 9.47 Å². The Bertz CT molecular complexity index is 612. The molecule has 2 aromatic rings. The fourth-order valence-electron chi connectivity index (χ4n) is 2.12. The van der Waals surface area contributed by atoms with Crippen LogP contribution in [0, 0.1) is 0 Å². The normalized spacial score (nSPS) is 20.2. The second-order valence-corrected chi connectivity index (χ2v) is 4.61. The van der Waals surface area contributed by atoms with Gasteiger partial charge in [0.25, 0.3) is 5.91 Å². The third kappa shape index (κ3) is 2.65. The Kier molecular flexibility index (Phi) is 3.39. The molecular weight excluding hydrogens is 254 g/mol. The highest BCUT2D eigenvalue weighted by Gasteiger charge is 2.46. The van der Waals surface area contributed by atoms with Crippen LogP contribution >= 0.6 is 0 Å². The molecule has 1 saturated heterocycles. The Balaban J connectivity index is 1.65. The molecule has 0 radical (unpaired) electrons. The fourth-order valence-corrected chi connectivity index (χ4v) is 2.12. The minimum atomic E-state index is -0.428. The Morgan fingerprint density at radius 3 is 2.70 bits per heavy atom. The van der Waals surface area contributed by atoms with Crippen molar-refractivity contribution >= 4 is 11.6 Å². The number of anilines is 1. The van der Waals surface area contributed by atoms with Gasteiger partial charge in [0.15, 0.2) is 6.10 Å². The molecule has 0 unspecified atom stereocenters. The molecule has 1 heterocycles. The zero-order valence-corrected chi connectivity index (χ0v) is 11.1. The summed E-state index contributed by atoms with van der Waals surface area (Å²) < 4.78 is 10.6. The first-order chi connectivity index (χ1) is 9.78. The highest BCUT2D eigenvalue weighted by molar-refractivity contribution is 5.96. The van der Waals surface area contributed by atoms with Crippen LogP contribution in [0.5, 0.6) is 5.75 Å². The smallest absolute Gasteiger partial charge is 0.256 e. The summed E-state index contributed by atoms with van der Waals surface area (Å²) in [5, 5.41) is 2.84. The van der Waals surface area contributed by atoms with Crippen LogP contribution in [-0.2, 0) is 9.53 Å². The van der Waals surface area contributed by atoms with E-state index in [-0.39, 0.29) is 12.0 Å². The molecule has 3 rings (SSSR count). The van der Waals surface area contributed by atoms with Gasteiger partial charge < -0.3 is 14.8 Å². The topological polar surface area (TPSA) is 50.9 Å². The molecule has 1 aliphatic heterocycles. The highest BCUT2D eigenvalue weighted by atomic mass is 16.6. The van der Waals surface area contributed by atoms with Gasteiger partial charge in [-0.15, -0.1) is 0 Å². The zero-order valence-electron chi connectivity index (χ0n) is 11.1. The third-order valence-electron chi connectivity index (χ3n) is 3.21. The summed E-state index contributed by atoms with van der Waals surface area (Å²) in [6, 6.07) is 16.9. The van der Waals surface area contributed by atoms with E-state index in [1.54, 1.807) is 7.11 Å². The van der Waals surface area contributed by atoms with Crippen LogP contribution in [0.2, 0.25) is 0 Å². The van der Waals surface area contributed by atoms with Gasteiger partial charge in [-0.25, -0.2) is 0 Å². The number of para-hydroxylation sites is 1. The standard InChI is InChI=1S/C16H15NO3/c1-19-13-9-5-6-11(10-13)14-15(20-14)16(18)17-12-7-3-2-4-8-12/h2-10,14-15H,1H3,(H,17,18)/t14-,15-/m1/s1. The number of benzene rings is 2. The Morgan fingerprint density at radius 2 is 1.95 bits per heavy atom. The summed E-state index contributed by atoms with van der Waals surface area (Å²) in [5.74, 6) is 0.643. The van der Waals surface area contributed by atoms with Gasteiger partial charge in [0, 0.05) is 5.69 Å². The van der Waals surface area contributed by atoms with Crippen molar-refractivity contribution in [2.24, 2.45) is 0 Å². The van der Waals surface area contributed by atoms with E-state index in [1.165, 1.54) is 0 Å². The first-order valence-corrected chi connectivity index (χ1v) is 6.43. The van der Waals surface area contributed by atoms with Crippen molar-refractivity contribution in [1.29, 1.82) is 0 Å². The molecule has 0 aliphatic carbocycles. The second kappa shape index (κ2) is 5.35. The van der Waals surface area contributed by atoms with Gasteiger partial charge in [-0.3, -0.25) is 4.79 Å². The number of hydrogen-bond donors (Lipinski definition) is 1. The van der Waals surface area contributed by atoms with Gasteiger partial charge in [0.2, 0.25) is 0 Å². The average molecular weight is 269 g/mol. The Hall–Kier alpha value is -2.33. The van der Waals surface area contributed by atoms with Crippen molar-refractivity contribution in [2.75, 3.05) is 12.4 Å². The molecule has 0 saturated carbocycles. The number of carbonyl (C=O) groups excluding carboxylic acids is 1. The maximum absolute atomic E-state index is 12.0. The summed E-state index contributed by atoms with van der Waals surface area (Å²) in [7, 11) is 1.62. The average Bonchev–Trinajstić information content (AvgIpc) is 3.29. The van der Waals surface area contributed by atoms with Gasteiger partial charge in [-0.05, 0) is 29.8 Å². The minimum absolute atomic E-state index is 0.121. The van der Waals surface area contributed by atoms with E-state index in [0.29, 0.717) is 0 Å². The van der Waals surface area contributed by atoms with Crippen LogP contribution in [0.15, 0.2) is 54.6 Å². The van der Waals surface area contributed by atoms with Gasteiger partial charge in [-0.1, -0.05) is 30.3 Å². The van der Waals surface area contributed by atoms with Crippen LogP contribution in [0.1, 0.15) is 11.7 Å². The Labute approximate surface area is 117 Å². The van der Waals surface area contributed by atoms with Crippen LogP contribution in [0.4, 0.5) is 5.69 Å². The van der Waals surface area contributed by atoms with Gasteiger partial charge in [0.1, 0.15) is 11.9 Å². The molecule has 1 aliphatic rings. The fraction of sp³-hybridized carbons (Fsp3) is 0.188. The van der Waals surface area contributed by atoms with Crippen LogP contribution in [0.25, 0.3) is 0 Å². The summed E-state index contributed by atoms with van der Waals surface area (Å²) >= 11 is 0. The third-order valence-corrected chi connectivity index (χ3v) is 3.21. The molecule has 0 aromatic heterocycles. The Morgan fingerprint density at radius 1 is 1.15 bits per heavy atom. The van der Waals surface area contributed by atoms with Crippen molar-refractivity contribution in [1.82, 2.24) is 0 Å². The predicted octanol–water partition coefficient (Wildman–Crippen LogP) is 2.77. The first-order valence-electron chi connectivity index (χ1n) is 6.43. The van der Waals surface area contributed by atoms with Crippen molar-refractivity contribution in [3.05, 3.63) is 60.2 Å². The molecule has 1 N–H and O–H groups in total. The lowest BCUT2D eigenvalue weighted by Crippen LogP contribution is -2.18. The molecule has 4 nitrogen and oxygen atoms in total. The molecule has 102 valence electrons. The number of carbonyl (C=O) groups is 1. The second-order valence-electron chi connectivity index (χ2n) is 4.61. The molecule has 1 fully saturated rings. The number of methoxy groups -OCH3 is 1. The lowest BCUT2D eigenvalue weighted by Gasteiger charge is -2.03. The molecule has 0 bridgehead atoms. The molecule has 20 heavy (non-hydrogen) atoms. The minimum Gasteiger partial charge on any atom is -0.497 e. The lowest BCUT2D eigenvalue weighted by molar-refractivity contribution is -0.117. The van der Waals surface area contributed by atoms with Gasteiger partial charge >= 0.3 is 0 Å². The molecule has 2 atom stereocenters. The maximum atomic E-state index is 12.0. The van der Waals surface area contributed by atoms with Crippen LogP contribution in [-0.4, -0.2) is 19.1 Å². The summed E-state index contributed by atoms with van der Waals surface area (Å²) in [5.41, 5.74) is 1.73. The zero-order chi connectivity index (χ0) is 13.9. The van der Waals surface area contributed by atoms with E-state index in [9.17, 15) is 4.79 Å². The predicted molar refractivity (Wildman–Crippen MR) is 75.7 cm³/mol. The highest BCUT2D eigenvalue weighted by Crippen LogP contribution is 2.40. The van der Waals surface area contributed by atoms with Crippen molar-refractivity contribution in [3.8, 4) is 5.75 Å². The number of hydrogen-bond acceptors (Lipinski definition) is 3. The first kappa shape index (κ1) is 12.7. The number of nitrogens with one attached hydrogen (secondary N) is 1. The van der Waals surface area contributed by atoms with Gasteiger partial charge in [0.05, 0.1) is 7.11 Å². The summed E-state index contributed by atoms with van der Waals surface area (Å²) in [4.78, 5) is 12.0. The molecule has 4 heteroatoms. The number of rotatable bonds is 4. The van der Waals surface area contributed by atoms with E-state index in [2.05, 4.69) is 5.32 Å².